The number of anilines is 1. The minimum Gasteiger partial charge on any atom is -0.354 e. The normalized spacial score (nSPS) is 11.2. The van der Waals surface area contributed by atoms with E-state index in [-0.39, 0.29) is 18.1 Å². The molecule has 1 aromatic carbocycles. The van der Waals surface area contributed by atoms with Gasteiger partial charge in [-0.1, -0.05) is 12.1 Å². The first kappa shape index (κ1) is 17.1. The van der Waals surface area contributed by atoms with E-state index in [0.717, 1.165) is 18.4 Å². The first-order chi connectivity index (χ1) is 12.1. The molecule has 0 fully saturated rings. The highest BCUT2D eigenvalue weighted by Gasteiger charge is 2.13. The molecule has 2 aromatic heterocycles. The van der Waals surface area contributed by atoms with Gasteiger partial charge >= 0.3 is 5.69 Å². The van der Waals surface area contributed by atoms with Crippen molar-refractivity contribution in [3.05, 3.63) is 51.8 Å². The van der Waals surface area contributed by atoms with Gasteiger partial charge in [0.05, 0.1) is 12.7 Å². The zero-order chi connectivity index (χ0) is 17.8. The lowest BCUT2D eigenvalue weighted by molar-refractivity contribution is 0.596. The van der Waals surface area contributed by atoms with Crippen molar-refractivity contribution in [3.63, 3.8) is 0 Å². The topological polar surface area (TPSA) is 102 Å². The molecule has 0 spiro atoms. The highest BCUT2D eigenvalue weighted by atomic mass is 19.1. The number of unbranched alkanes of at least 4 members (excludes halogenated alkanes) is 1. The molecular weight excluding hydrogens is 323 g/mol. The molecule has 0 bridgehead atoms. The maximum absolute atomic E-state index is 14.1. The molecule has 4 N–H and O–H groups in total. The van der Waals surface area contributed by atoms with Gasteiger partial charge in [0.2, 0.25) is 5.95 Å². The summed E-state index contributed by atoms with van der Waals surface area (Å²) in [7, 11) is 0. The van der Waals surface area contributed by atoms with Crippen molar-refractivity contribution in [3.8, 4) is 0 Å². The first-order valence-corrected chi connectivity index (χ1v) is 8.23. The van der Waals surface area contributed by atoms with Crippen LogP contribution in [0.4, 0.5) is 10.3 Å². The number of aromatic nitrogens is 4. The van der Waals surface area contributed by atoms with E-state index in [2.05, 4.69) is 20.3 Å². The van der Waals surface area contributed by atoms with Crippen molar-refractivity contribution in [2.75, 3.05) is 18.4 Å². The zero-order valence-electron chi connectivity index (χ0n) is 14.1. The van der Waals surface area contributed by atoms with Gasteiger partial charge < -0.3 is 16.0 Å². The summed E-state index contributed by atoms with van der Waals surface area (Å²) in [5.41, 5.74) is 7.36. The molecule has 0 saturated carbocycles. The van der Waals surface area contributed by atoms with Gasteiger partial charge in [-0.15, -0.1) is 0 Å². The lowest BCUT2D eigenvalue weighted by Gasteiger charge is -2.09. The number of aromatic amines is 1. The standard InChI is InChI=1S/C17H21FN6O/c1-11-5-4-6-13(18)12(11)10-24-15-14(22-17(24)25)9-21-16(23-15)20-8-3-2-7-19/h4-6,9H,2-3,7-8,10,19H2,1H3,(H,22,25)(H,20,21,23). The van der Waals surface area contributed by atoms with Gasteiger partial charge in [-0.2, -0.15) is 4.98 Å². The van der Waals surface area contributed by atoms with Crippen LogP contribution in [0.3, 0.4) is 0 Å². The van der Waals surface area contributed by atoms with Crippen molar-refractivity contribution < 1.29 is 4.39 Å². The van der Waals surface area contributed by atoms with Gasteiger partial charge in [0, 0.05) is 12.1 Å². The van der Waals surface area contributed by atoms with Crippen LogP contribution >= 0.6 is 0 Å². The largest absolute Gasteiger partial charge is 0.354 e. The number of nitrogens with zero attached hydrogens (tertiary/aromatic N) is 3. The number of fused-ring (bicyclic) bond motifs is 1. The van der Waals surface area contributed by atoms with E-state index in [1.807, 2.05) is 13.0 Å². The third kappa shape index (κ3) is 3.69. The van der Waals surface area contributed by atoms with E-state index in [1.165, 1.54) is 10.6 Å². The Morgan fingerprint density at radius 1 is 1.36 bits per heavy atom. The number of halogens is 1. The van der Waals surface area contributed by atoms with E-state index in [9.17, 15) is 9.18 Å². The Labute approximate surface area is 144 Å². The van der Waals surface area contributed by atoms with Crippen LogP contribution in [0.5, 0.6) is 0 Å². The molecule has 132 valence electrons. The fourth-order valence-electron chi connectivity index (χ4n) is 2.67. The Bertz CT molecular complexity index is 912. The number of aryl methyl sites for hydroxylation is 1. The molecule has 0 aliphatic rings. The third-order valence-electron chi connectivity index (χ3n) is 4.09. The Morgan fingerprint density at radius 2 is 2.20 bits per heavy atom. The number of hydrogen-bond donors (Lipinski definition) is 3. The summed E-state index contributed by atoms with van der Waals surface area (Å²) >= 11 is 0. The summed E-state index contributed by atoms with van der Waals surface area (Å²) < 4.78 is 15.5. The number of hydrogen-bond acceptors (Lipinski definition) is 5. The van der Waals surface area contributed by atoms with Gasteiger partial charge in [0.1, 0.15) is 11.3 Å². The molecule has 0 amide bonds. The van der Waals surface area contributed by atoms with E-state index < -0.39 is 0 Å². The molecule has 0 saturated heterocycles. The first-order valence-electron chi connectivity index (χ1n) is 8.23. The Balaban J connectivity index is 1.92. The second-order valence-corrected chi connectivity index (χ2v) is 5.91. The molecule has 0 aliphatic heterocycles. The van der Waals surface area contributed by atoms with Gasteiger partial charge in [0.15, 0.2) is 5.65 Å². The van der Waals surface area contributed by atoms with Gasteiger partial charge in [-0.25, -0.2) is 14.2 Å². The number of imidazole rings is 1. The monoisotopic (exact) mass is 344 g/mol. The molecule has 3 aromatic rings. The maximum atomic E-state index is 14.1. The Kier molecular flexibility index (Phi) is 5.08. The predicted molar refractivity (Wildman–Crippen MR) is 95.2 cm³/mol. The Hall–Kier alpha value is -2.74. The SMILES string of the molecule is Cc1cccc(F)c1Cn1c(=O)[nH]c2cnc(NCCCCN)nc21. The van der Waals surface area contributed by atoms with Gasteiger partial charge in [0.25, 0.3) is 0 Å². The van der Waals surface area contributed by atoms with Crippen LogP contribution in [0.2, 0.25) is 0 Å². The van der Waals surface area contributed by atoms with Crippen LogP contribution in [0, 0.1) is 12.7 Å². The van der Waals surface area contributed by atoms with Crippen LogP contribution in [0.1, 0.15) is 24.0 Å². The maximum Gasteiger partial charge on any atom is 0.328 e. The Morgan fingerprint density at radius 3 is 2.96 bits per heavy atom. The number of benzene rings is 1. The van der Waals surface area contributed by atoms with Crippen LogP contribution < -0.4 is 16.7 Å². The van der Waals surface area contributed by atoms with Crippen molar-refractivity contribution in [1.29, 1.82) is 0 Å². The summed E-state index contributed by atoms with van der Waals surface area (Å²) in [6.45, 7) is 3.27. The highest BCUT2D eigenvalue weighted by Crippen LogP contribution is 2.16. The van der Waals surface area contributed by atoms with Gasteiger partial charge in [-0.05, 0) is 37.9 Å². The fourth-order valence-corrected chi connectivity index (χ4v) is 2.67. The fraction of sp³-hybridized carbons (Fsp3) is 0.353. The van der Waals surface area contributed by atoms with E-state index in [1.54, 1.807) is 12.3 Å². The molecule has 7 nitrogen and oxygen atoms in total. The lowest BCUT2D eigenvalue weighted by atomic mass is 10.1. The van der Waals surface area contributed by atoms with Crippen LogP contribution in [-0.2, 0) is 6.54 Å². The summed E-state index contributed by atoms with van der Waals surface area (Å²) in [6.07, 6.45) is 3.38. The minimum atomic E-state index is -0.341. The quantitative estimate of drug-likeness (QED) is 0.567. The molecule has 25 heavy (non-hydrogen) atoms. The molecule has 8 heteroatoms. The number of rotatable bonds is 7. The second kappa shape index (κ2) is 7.43. The molecule has 0 atom stereocenters. The zero-order valence-corrected chi connectivity index (χ0v) is 14.1. The number of H-pyrrole nitrogens is 1. The summed E-state index contributed by atoms with van der Waals surface area (Å²) in [4.78, 5) is 23.6. The van der Waals surface area contributed by atoms with E-state index in [0.29, 0.717) is 35.8 Å². The lowest BCUT2D eigenvalue weighted by Crippen LogP contribution is -2.19. The summed E-state index contributed by atoms with van der Waals surface area (Å²) in [5.74, 6) is 0.0953. The van der Waals surface area contributed by atoms with Crippen molar-refractivity contribution in [2.24, 2.45) is 5.73 Å². The molecule has 0 aliphatic carbocycles. The number of nitrogens with two attached hydrogens (primary N) is 1. The average Bonchev–Trinajstić information content (AvgIpc) is 2.90. The predicted octanol–water partition coefficient (Wildman–Crippen LogP) is 1.77. The van der Waals surface area contributed by atoms with Crippen LogP contribution in [-0.4, -0.2) is 32.6 Å². The van der Waals surface area contributed by atoms with Crippen molar-refractivity contribution in [2.45, 2.75) is 26.3 Å². The molecule has 0 unspecified atom stereocenters. The average molecular weight is 344 g/mol. The van der Waals surface area contributed by atoms with Gasteiger partial charge in [-0.3, -0.25) is 4.57 Å². The van der Waals surface area contributed by atoms with Crippen molar-refractivity contribution in [1.82, 2.24) is 19.5 Å². The third-order valence-corrected chi connectivity index (χ3v) is 4.09. The van der Waals surface area contributed by atoms with Crippen LogP contribution in [0.15, 0.2) is 29.2 Å². The molecule has 2 heterocycles. The van der Waals surface area contributed by atoms with E-state index >= 15 is 0 Å². The second-order valence-electron chi connectivity index (χ2n) is 5.91. The molecular formula is C17H21FN6O. The van der Waals surface area contributed by atoms with E-state index in [4.69, 9.17) is 5.73 Å². The summed E-state index contributed by atoms with van der Waals surface area (Å²) in [6, 6.07) is 4.86. The smallest absolute Gasteiger partial charge is 0.328 e. The molecule has 3 rings (SSSR count). The van der Waals surface area contributed by atoms with Crippen molar-refractivity contribution >= 4 is 17.1 Å². The highest BCUT2D eigenvalue weighted by molar-refractivity contribution is 5.71. The minimum absolute atomic E-state index is 0.112. The summed E-state index contributed by atoms with van der Waals surface area (Å²) in [5, 5.41) is 3.11. The molecule has 0 radical (unpaired) electrons. The number of nitrogens with one attached hydrogen (secondary N) is 2. The van der Waals surface area contributed by atoms with Crippen LogP contribution in [0.25, 0.3) is 11.2 Å².